The van der Waals surface area contributed by atoms with Gasteiger partial charge in [-0.3, -0.25) is 4.79 Å². The van der Waals surface area contributed by atoms with Crippen molar-refractivity contribution < 1.29 is 13.9 Å². The van der Waals surface area contributed by atoms with Crippen molar-refractivity contribution in [3.05, 3.63) is 35.6 Å². The molecule has 3 nitrogen and oxygen atoms in total. The monoisotopic (exact) mass is 279 g/mol. The molecule has 0 bridgehead atoms. The smallest absolute Gasteiger partial charge is 0.230 e. The predicted octanol–water partition coefficient (Wildman–Crippen LogP) is 2.79. The molecule has 0 aromatic heterocycles. The first kappa shape index (κ1) is 15.0. The molecule has 0 spiro atoms. The van der Waals surface area contributed by atoms with Gasteiger partial charge in [0.25, 0.3) is 0 Å². The molecule has 2 rings (SSSR count). The third-order valence-electron chi connectivity index (χ3n) is 3.88. The van der Waals surface area contributed by atoms with Crippen LogP contribution in [0.15, 0.2) is 24.3 Å². The zero-order chi connectivity index (χ0) is 14.6. The van der Waals surface area contributed by atoms with Crippen LogP contribution in [-0.2, 0) is 14.9 Å². The molecule has 0 radical (unpaired) electrons. The molecule has 4 heteroatoms. The van der Waals surface area contributed by atoms with E-state index in [0.29, 0.717) is 12.1 Å². The van der Waals surface area contributed by atoms with Crippen LogP contribution in [0.3, 0.4) is 0 Å². The van der Waals surface area contributed by atoms with Gasteiger partial charge in [-0.15, -0.1) is 0 Å². The minimum Gasteiger partial charge on any atom is -0.376 e. The predicted molar refractivity (Wildman–Crippen MR) is 76.0 cm³/mol. The Morgan fingerprint density at radius 3 is 2.80 bits per heavy atom. The van der Waals surface area contributed by atoms with E-state index in [4.69, 9.17) is 4.74 Å². The van der Waals surface area contributed by atoms with Gasteiger partial charge >= 0.3 is 0 Å². The lowest BCUT2D eigenvalue weighted by molar-refractivity contribution is -0.126. The lowest BCUT2D eigenvalue weighted by Crippen LogP contribution is -2.44. The first-order valence-corrected chi connectivity index (χ1v) is 7.16. The van der Waals surface area contributed by atoms with E-state index in [1.54, 1.807) is 32.0 Å². The van der Waals surface area contributed by atoms with Crippen molar-refractivity contribution in [1.82, 2.24) is 5.32 Å². The quantitative estimate of drug-likeness (QED) is 0.920. The first-order valence-electron chi connectivity index (χ1n) is 7.16. The van der Waals surface area contributed by atoms with E-state index in [9.17, 15) is 9.18 Å². The van der Waals surface area contributed by atoms with E-state index >= 15 is 0 Å². The maximum Gasteiger partial charge on any atom is 0.230 e. The van der Waals surface area contributed by atoms with Crippen LogP contribution in [-0.4, -0.2) is 25.2 Å². The Morgan fingerprint density at radius 2 is 2.15 bits per heavy atom. The highest BCUT2D eigenvalue weighted by Gasteiger charge is 2.32. The van der Waals surface area contributed by atoms with Gasteiger partial charge in [-0.1, -0.05) is 18.2 Å². The van der Waals surface area contributed by atoms with Crippen LogP contribution in [0.1, 0.15) is 38.7 Å². The zero-order valence-corrected chi connectivity index (χ0v) is 12.1. The molecule has 1 aromatic rings. The molecule has 1 fully saturated rings. The molecule has 1 atom stereocenters. The number of benzene rings is 1. The SMILES string of the molecule is CC(C)(C(=O)NC[C@@H]1CCCCO1)c1ccccc1F. The molecule has 1 saturated heterocycles. The van der Waals surface area contributed by atoms with Gasteiger partial charge in [0.05, 0.1) is 11.5 Å². The third kappa shape index (κ3) is 3.37. The van der Waals surface area contributed by atoms with Crippen molar-refractivity contribution in [2.24, 2.45) is 0 Å². The van der Waals surface area contributed by atoms with Crippen molar-refractivity contribution in [3.8, 4) is 0 Å². The van der Waals surface area contributed by atoms with Crippen LogP contribution in [0.2, 0.25) is 0 Å². The standard InChI is InChI=1S/C16H22FNO2/c1-16(2,13-8-3-4-9-14(13)17)15(19)18-11-12-7-5-6-10-20-12/h3-4,8-9,12H,5-7,10-11H2,1-2H3,(H,18,19)/t12-/m0/s1. The highest BCUT2D eigenvalue weighted by atomic mass is 19.1. The maximum absolute atomic E-state index is 13.8. The van der Waals surface area contributed by atoms with Gasteiger partial charge in [-0.05, 0) is 39.2 Å². The Hall–Kier alpha value is -1.42. The summed E-state index contributed by atoms with van der Waals surface area (Å²) in [7, 11) is 0. The van der Waals surface area contributed by atoms with Gasteiger partial charge in [0, 0.05) is 18.7 Å². The second kappa shape index (κ2) is 6.35. The van der Waals surface area contributed by atoms with Gasteiger partial charge in [0.1, 0.15) is 5.82 Å². The molecule has 110 valence electrons. The Kier molecular flexibility index (Phi) is 4.76. The minimum absolute atomic E-state index is 0.0871. The van der Waals surface area contributed by atoms with Crippen molar-refractivity contribution in [2.75, 3.05) is 13.2 Å². The fourth-order valence-corrected chi connectivity index (χ4v) is 2.49. The Balaban J connectivity index is 1.98. The molecule has 1 heterocycles. The average Bonchev–Trinajstić information content (AvgIpc) is 2.46. The van der Waals surface area contributed by atoms with Crippen LogP contribution in [0, 0.1) is 5.82 Å². The van der Waals surface area contributed by atoms with E-state index < -0.39 is 5.41 Å². The first-order chi connectivity index (χ1) is 9.51. The summed E-state index contributed by atoms with van der Waals surface area (Å²) in [5.41, 5.74) is -0.470. The minimum atomic E-state index is -0.889. The molecule has 1 aliphatic rings. The third-order valence-corrected chi connectivity index (χ3v) is 3.88. The number of amides is 1. The molecular weight excluding hydrogens is 257 g/mol. The van der Waals surface area contributed by atoms with Crippen molar-refractivity contribution in [2.45, 2.75) is 44.6 Å². The van der Waals surface area contributed by atoms with E-state index in [2.05, 4.69) is 5.32 Å². The highest BCUT2D eigenvalue weighted by Crippen LogP contribution is 2.26. The number of carbonyl (C=O) groups is 1. The zero-order valence-electron chi connectivity index (χ0n) is 12.1. The molecule has 0 saturated carbocycles. The molecule has 1 N–H and O–H groups in total. The van der Waals surface area contributed by atoms with Crippen molar-refractivity contribution in [3.63, 3.8) is 0 Å². The topological polar surface area (TPSA) is 38.3 Å². The summed E-state index contributed by atoms with van der Waals surface area (Å²) in [6.07, 6.45) is 3.28. The van der Waals surface area contributed by atoms with Gasteiger partial charge in [0.15, 0.2) is 0 Å². The number of nitrogens with one attached hydrogen (secondary N) is 1. The van der Waals surface area contributed by atoms with Gasteiger partial charge in [0.2, 0.25) is 5.91 Å². The molecule has 20 heavy (non-hydrogen) atoms. The number of halogens is 1. The molecule has 1 amide bonds. The van der Waals surface area contributed by atoms with E-state index in [1.807, 2.05) is 0 Å². The largest absolute Gasteiger partial charge is 0.376 e. The fourth-order valence-electron chi connectivity index (χ4n) is 2.49. The second-order valence-corrected chi connectivity index (χ2v) is 5.80. The Bertz CT molecular complexity index is 467. The highest BCUT2D eigenvalue weighted by molar-refractivity contribution is 5.87. The second-order valence-electron chi connectivity index (χ2n) is 5.80. The van der Waals surface area contributed by atoms with Gasteiger partial charge < -0.3 is 10.1 Å². The lowest BCUT2D eigenvalue weighted by atomic mass is 9.83. The molecule has 1 aromatic carbocycles. The van der Waals surface area contributed by atoms with E-state index in [0.717, 1.165) is 25.9 Å². The van der Waals surface area contributed by atoms with Crippen LogP contribution >= 0.6 is 0 Å². The summed E-state index contributed by atoms with van der Waals surface area (Å²) >= 11 is 0. The normalized spacial score (nSPS) is 19.6. The van der Waals surface area contributed by atoms with Crippen LogP contribution in [0.25, 0.3) is 0 Å². The van der Waals surface area contributed by atoms with E-state index in [1.165, 1.54) is 6.07 Å². The summed E-state index contributed by atoms with van der Waals surface area (Å²) < 4.78 is 19.4. The Morgan fingerprint density at radius 1 is 1.40 bits per heavy atom. The summed E-state index contributed by atoms with van der Waals surface area (Å²) in [6.45, 7) is 4.74. The van der Waals surface area contributed by atoms with Crippen molar-refractivity contribution >= 4 is 5.91 Å². The van der Waals surface area contributed by atoms with Gasteiger partial charge in [-0.2, -0.15) is 0 Å². The molecule has 0 unspecified atom stereocenters. The number of carbonyl (C=O) groups excluding carboxylic acids is 1. The van der Waals surface area contributed by atoms with Crippen LogP contribution < -0.4 is 5.32 Å². The number of rotatable bonds is 4. The van der Waals surface area contributed by atoms with Gasteiger partial charge in [-0.25, -0.2) is 4.39 Å². The van der Waals surface area contributed by atoms with Crippen LogP contribution in [0.4, 0.5) is 4.39 Å². The lowest BCUT2D eigenvalue weighted by Gasteiger charge is -2.27. The average molecular weight is 279 g/mol. The number of hydrogen-bond donors (Lipinski definition) is 1. The molecule has 0 aliphatic carbocycles. The summed E-state index contributed by atoms with van der Waals surface area (Å²) in [6, 6.07) is 6.42. The summed E-state index contributed by atoms with van der Waals surface area (Å²) in [5, 5.41) is 2.89. The summed E-state index contributed by atoms with van der Waals surface area (Å²) in [4.78, 5) is 12.3. The molecular formula is C16H22FNO2. The molecule has 1 aliphatic heterocycles. The summed E-state index contributed by atoms with van der Waals surface area (Å²) in [5.74, 6) is -0.515. The van der Waals surface area contributed by atoms with E-state index in [-0.39, 0.29) is 17.8 Å². The van der Waals surface area contributed by atoms with Crippen molar-refractivity contribution in [1.29, 1.82) is 0 Å². The van der Waals surface area contributed by atoms with Crippen LogP contribution in [0.5, 0.6) is 0 Å². The fraction of sp³-hybridized carbons (Fsp3) is 0.562. The maximum atomic E-state index is 13.8. The number of ether oxygens (including phenoxy) is 1. The number of hydrogen-bond acceptors (Lipinski definition) is 2. The Labute approximate surface area is 119 Å².